The molecule has 0 aliphatic carbocycles. The van der Waals surface area contributed by atoms with Crippen molar-refractivity contribution in [2.24, 2.45) is 0 Å². The molecule has 2 unspecified atom stereocenters. The van der Waals surface area contributed by atoms with Gasteiger partial charge in [0.1, 0.15) is 0 Å². The molecule has 1 amide bonds. The van der Waals surface area contributed by atoms with Gasteiger partial charge in [0.15, 0.2) is 0 Å². The van der Waals surface area contributed by atoms with Crippen LogP contribution in [0.15, 0.2) is 79.0 Å². The van der Waals surface area contributed by atoms with Gasteiger partial charge in [0.2, 0.25) is 5.95 Å². The summed E-state index contributed by atoms with van der Waals surface area (Å²) in [4.78, 5) is 23.1. The van der Waals surface area contributed by atoms with Gasteiger partial charge in [-0.3, -0.25) is 4.79 Å². The number of nitrogens with one attached hydrogen (secondary N) is 2. The Morgan fingerprint density at radius 3 is 2.53 bits per heavy atom. The van der Waals surface area contributed by atoms with Crippen molar-refractivity contribution in [3.8, 4) is 10.6 Å². The number of carbonyl (C=O) groups excluding carboxylic acids is 1. The molecular weight excluding hydrogens is 420 g/mol. The molecule has 7 heteroatoms. The summed E-state index contributed by atoms with van der Waals surface area (Å²) in [5, 5.41) is 16.0. The molecule has 4 rings (SSSR count). The van der Waals surface area contributed by atoms with E-state index in [-0.39, 0.29) is 11.9 Å². The average Bonchev–Trinajstić information content (AvgIpc) is 3.31. The molecule has 162 valence electrons. The Morgan fingerprint density at radius 1 is 0.969 bits per heavy atom. The second-order valence-electron chi connectivity index (χ2n) is 7.46. The smallest absolute Gasteiger partial charge is 0.261 e. The summed E-state index contributed by atoms with van der Waals surface area (Å²) in [5.74, 6) is 0.335. The molecule has 0 radical (unpaired) electrons. The molecule has 2 aromatic carbocycles. The van der Waals surface area contributed by atoms with E-state index in [1.165, 1.54) is 11.3 Å². The fourth-order valence-corrected chi connectivity index (χ4v) is 4.13. The first kappa shape index (κ1) is 21.7. The van der Waals surface area contributed by atoms with Crippen molar-refractivity contribution < 1.29 is 9.90 Å². The first-order valence-electron chi connectivity index (χ1n) is 10.3. The summed E-state index contributed by atoms with van der Waals surface area (Å²) in [5.41, 5.74) is 3.39. The van der Waals surface area contributed by atoms with Crippen molar-refractivity contribution >= 4 is 28.9 Å². The fraction of sp³-hybridized carbons (Fsp3) is 0.160. The lowest BCUT2D eigenvalue weighted by atomic mass is 10.1. The second kappa shape index (κ2) is 9.72. The third-order valence-electron chi connectivity index (χ3n) is 5.01. The van der Waals surface area contributed by atoms with E-state index >= 15 is 0 Å². The number of aliphatic hydroxyl groups excluding tert-OH is 1. The summed E-state index contributed by atoms with van der Waals surface area (Å²) in [6.45, 7) is 3.69. The van der Waals surface area contributed by atoms with Crippen molar-refractivity contribution in [3.63, 3.8) is 0 Å². The Labute approximate surface area is 191 Å². The van der Waals surface area contributed by atoms with Gasteiger partial charge >= 0.3 is 0 Å². The van der Waals surface area contributed by atoms with E-state index in [2.05, 4.69) is 20.6 Å². The van der Waals surface area contributed by atoms with Crippen LogP contribution in [0.4, 0.5) is 11.6 Å². The van der Waals surface area contributed by atoms with E-state index in [9.17, 15) is 9.90 Å². The quantitative estimate of drug-likeness (QED) is 0.351. The topological polar surface area (TPSA) is 87.1 Å². The van der Waals surface area contributed by atoms with E-state index in [1.54, 1.807) is 13.1 Å². The molecule has 2 atom stereocenters. The molecule has 0 bridgehead atoms. The van der Waals surface area contributed by atoms with Crippen LogP contribution in [0.1, 0.15) is 46.8 Å². The number of aliphatic hydroxyl groups is 1. The molecule has 0 spiro atoms. The monoisotopic (exact) mass is 444 g/mol. The van der Waals surface area contributed by atoms with E-state index in [0.29, 0.717) is 10.8 Å². The number of amides is 1. The van der Waals surface area contributed by atoms with Crippen LogP contribution in [0.2, 0.25) is 0 Å². The molecule has 32 heavy (non-hydrogen) atoms. The molecule has 2 heterocycles. The maximum absolute atomic E-state index is 12.7. The van der Waals surface area contributed by atoms with Crippen molar-refractivity contribution in [1.29, 1.82) is 0 Å². The number of carbonyl (C=O) groups is 1. The molecule has 0 saturated carbocycles. The van der Waals surface area contributed by atoms with Gasteiger partial charge in [0.25, 0.3) is 5.91 Å². The Balaban J connectivity index is 1.47. The van der Waals surface area contributed by atoms with Crippen LogP contribution >= 0.6 is 11.3 Å². The predicted octanol–water partition coefficient (Wildman–Crippen LogP) is 5.49. The molecule has 3 N–H and O–H groups in total. The number of nitrogens with zero attached hydrogens (tertiary/aromatic N) is 2. The van der Waals surface area contributed by atoms with Crippen LogP contribution in [-0.2, 0) is 0 Å². The Bertz CT molecular complexity index is 1210. The minimum absolute atomic E-state index is 0.0819. The highest BCUT2D eigenvalue weighted by atomic mass is 32.1. The molecule has 2 aromatic heterocycles. The molecule has 4 aromatic rings. The molecule has 0 aliphatic heterocycles. The Hall–Kier alpha value is -3.55. The molecule has 0 fully saturated rings. The number of aromatic nitrogens is 2. The zero-order valence-corrected chi connectivity index (χ0v) is 18.6. The summed E-state index contributed by atoms with van der Waals surface area (Å²) in [7, 11) is 0. The van der Waals surface area contributed by atoms with Gasteiger partial charge in [-0.1, -0.05) is 42.5 Å². The van der Waals surface area contributed by atoms with Gasteiger partial charge in [-0.2, -0.15) is 0 Å². The summed E-state index contributed by atoms with van der Waals surface area (Å²) in [6, 6.07) is 22.8. The Morgan fingerprint density at radius 2 is 1.75 bits per heavy atom. The standard InChI is InChI=1S/C25H24N4O2S/c1-16(18-7-4-3-5-8-18)27-24(31)23-12-11-22(32-23)21-13-14-26-25(29-21)28-20-10-6-9-19(15-20)17(2)30/h3-17,30H,1-2H3,(H,27,31)(H,26,28,29). The highest BCUT2D eigenvalue weighted by Gasteiger charge is 2.15. The van der Waals surface area contributed by atoms with Crippen molar-refractivity contribution in [2.75, 3.05) is 5.32 Å². The van der Waals surface area contributed by atoms with E-state index in [1.807, 2.05) is 79.7 Å². The van der Waals surface area contributed by atoms with E-state index < -0.39 is 6.10 Å². The van der Waals surface area contributed by atoms with Crippen molar-refractivity contribution in [1.82, 2.24) is 15.3 Å². The lowest BCUT2D eigenvalue weighted by molar-refractivity contribution is 0.0944. The SMILES string of the molecule is CC(O)c1cccc(Nc2nccc(-c3ccc(C(=O)NC(C)c4ccccc4)s3)n2)c1. The lowest BCUT2D eigenvalue weighted by Gasteiger charge is -2.13. The first-order valence-corrected chi connectivity index (χ1v) is 11.2. The van der Waals surface area contributed by atoms with Crippen LogP contribution in [0.3, 0.4) is 0 Å². The normalized spacial score (nSPS) is 12.7. The number of hydrogen-bond acceptors (Lipinski definition) is 6. The van der Waals surface area contributed by atoms with Gasteiger partial charge in [0, 0.05) is 11.9 Å². The summed E-state index contributed by atoms with van der Waals surface area (Å²) < 4.78 is 0. The van der Waals surface area contributed by atoms with Crippen molar-refractivity contribution in [3.05, 3.63) is 95.0 Å². The molecule has 0 aliphatic rings. The first-order chi connectivity index (χ1) is 15.5. The predicted molar refractivity (Wildman–Crippen MR) is 128 cm³/mol. The lowest BCUT2D eigenvalue weighted by Crippen LogP contribution is -2.25. The number of thiophene rings is 1. The van der Waals surface area contributed by atoms with Crippen LogP contribution in [0, 0.1) is 0 Å². The summed E-state index contributed by atoms with van der Waals surface area (Å²) >= 11 is 1.39. The van der Waals surface area contributed by atoms with Gasteiger partial charge in [-0.15, -0.1) is 11.3 Å². The van der Waals surface area contributed by atoms with E-state index in [4.69, 9.17) is 0 Å². The maximum atomic E-state index is 12.7. The van der Waals surface area contributed by atoms with E-state index in [0.717, 1.165) is 27.4 Å². The van der Waals surface area contributed by atoms with Crippen molar-refractivity contribution in [2.45, 2.75) is 26.0 Å². The van der Waals surface area contributed by atoms with Crippen LogP contribution in [0.25, 0.3) is 10.6 Å². The number of benzene rings is 2. The van der Waals surface area contributed by atoms with Gasteiger partial charge < -0.3 is 15.7 Å². The maximum Gasteiger partial charge on any atom is 0.261 e. The minimum Gasteiger partial charge on any atom is -0.389 e. The summed E-state index contributed by atoms with van der Waals surface area (Å²) in [6.07, 6.45) is 1.13. The third-order valence-corrected chi connectivity index (χ3v) is 6.12. The highest BCUT2D eigenvalue weighted by Crippen LogP contribution is 2.28. The van der Waals surface area contributed by atoms with Crippen LogP contribution in [0.5, 0.6) is 0 Å². The third kappa shape index (κ3) is 5.19. The van der Waals surface area contributed by atoms with Gasteiger partial charge in [-0.05, 0) is 55.3 Å². The minimum atomic E-state index is -0.552. The highest BCUT2D eigenvalue weighted by molar-refractivity contribution is 7.17. The number of hydrogen-bond donors (Lipinski definition) is 3. The molecular formula is C25H24N4O2S. The zero-order valence-electron chi connectivity index (χ0n) is 17.8. The van der Waals surface area contributed by atoms with Gasteiger partial charge in [0.05, 0.1) is 27.6 Å². The molecule has 6 nitrogen and oxygen atoms in total. The second-order valence-corrected chi connectivity index (χ2v) is 8.55. The zero-order chi connectivity index (χ0) is 22.5. The fourth-order valence-electron chi connectivity index (χ4n) is 3.25. The number of anilines is 2. The largest absolute Gasteiger partial charge is 0.389 e. The van der Waals surface area contributed by atoms with Gasteiger partial charge in [-0.25, -0.2) is 9.97 Å². The van der Waals surface area contributed by atoms with Crippen LogP contribution < -0.4 is 10.6 Å². The van der Waals surface area contributed by atoms with Crippen LogP contribution in [-0.4, -0.2) is 21.0 Å². The Kier molecular flexibility index (Phi) is 6.58. The molecule has 0 saturated heterocycles. The number of rotatable bonds is 7. The average molecular weight is 445 g/mol.